The van der Waals surface area contributed by atoms with Gasteiger partial charge in [-0.15, -0.1) is 11.3 Å². The molecule has 3 rings (SSSR count). The summed E-state index contributed by atoms with van der Waals surface area (Å²) in [5.41, 5.74) is 4.83. The van der Waals surface area contributed by atoms with E-state index in [2.05, 4.69) is 22.4 Å². The number of carbonyl (C=O) groups excluding carboxylic acids is 1. The molecule has 0 fully saturated rings. The number of hydrazone groups is 1. The van der Waals surface area contributed by atoms with Crippen LogP contribution < -0.4 is 5.43 Å². The van der Waals surface area contributed by atoms with Gasteiger partial charge in [-0.25, -0.2) is 5.43 Å². The number of aromatic nitrogens is 1. The van der Waals surface area contributed by atoms with Crippen molar-refractivity contribution >= 4 is 23.5 Å². The lowest BCUT2D eigenvalue weighted by Crippen LogP contribution is -2.16. The van der Waals surface area contributed by atoms with E-state index in [1.807, 2.05) is 18.2 Å². The van der Waals surface area contributed by atoms with Crippen LogP contribution >= 0.6 is 11.3 Å². The zero-order valence-electron chi connectivity index (χ0n) is 11.9. The van der Waals surface area contributed by atoms with E-state index in [0.717, 1.165) is 23.3 Å². The van der Waals surface area contributed by atoms with Crippen LogP contribution in [0.2, 0.25) is 0 Å². The van der Waals surface area contributed by atoms with Crippen molar-refractivity contribution in [2.45, 2.75) is 26.2 Å². The van der Waals surface area contributed by atoms with E-state index in [1.165, 1.54) is 16.9 Å². The predicted octanol–water partition coefficient (Wildman–Crippen LogP) is 3.03. The molecule has 1 amide bonds. The normalized spacial score (nSPS) is 17.7. The van der Waals surface area contributed by atoms with Crippen LogP contribution in [0.4, 0.5) is 0 Å². The van der Waals surface area contributed by atoms with Crippen LogP contribution in [-0.2, 0) is 12.8 Å². The molecule has 0 aliphatic heterocycles. The Hall–Kier alpha value is -2.01. The molecule has 108 valence electrons. The quantitative estimate of drug-likeness (QED) is 0.699. The first-order valence-corrected chi connectivity index (χ1v) is 7.89. The fourth-order valence-electron chi connectivity index (χ4n) is 2.49. The Kier molecular flexibility index (Phi) is 4.10. The summed E-state index contributed by atoms with van der Waals surface area (Å²) in [5.74, 6) is 0.583. The number of rotatable bonds is 3. The molecule has 0 spiro atoms. The van der Waals surface area contributed by atoms with Gasteiger partial charge in [-0.3, -0.25) is 9.78 Å². The second-order valence-electron chi connectivity index (χ2n) is 5.39. The predicted molar refractivity (Wildman–Crippen MR) is 84.8 cm³/mol. The second-order valence-corrected chi connectivity index (χ2v) is 6.52. The monoisotopic (exact) mass is 299 g/mol. The molecule has 0 saturated carbocycles. The number of carbonyl (C=O) groups is 1. The topological polar surface area (TPSA) is 54.4 Å². The minimum absolute atomic E-state index is 0.132. The van der Waals surface area contributed by atoms with Gasteiger partial charge in [0.2, 0.25) is 0 Å². The average molecular weight is 299 g/mol. The Labute approximate surface area is 127 Å². The van der Waals surface area contributed by atoms with Gasteiger partial charge in [0, 0.05) is 17.3 Å². The molecule has 1 atom stereocenters. The maximum absolute atomic E-state index is 12.1. The molecule has 1 N–H and O–H groups in total. The highest BCUT2D eigenvalue weighted by atomic mass is 32.1. The molecule has 0 saturated heterocycles. The Balaban J connectivity index is 1.65. The fourth-order valence-corrected chi connectivity index (χ4v) is 3.59. The van der Waals surface area contributed by atoms with Gasteiger partial charge in [0.25, 0.3) is 5.91 Å². The lowest BCUT2D eigenvalue weighted by molar-refractivity contribution is 0.0959. The van der Waals surface area contributed by atoms with Gasteiger partial charge in [-0.05, 0) is 54.5 Å². The number of hydrogen-bond acceptors (Lipinski definition) is 4. The molecule has 0 radical (unpaired) electrons. The Morgan fingerprint density at radius 1 is 1.48 bits per heavy atom. The standard InChI is InChI=1S/C16H17N3OS/c1-11-2-3-14-13(8-11)9-15(21-14)16(20)19-18-10-12-4-6-17-7-5-12/h4-7,9-11H,2-3,8H2,1H3,(H,19,20)/t11-/m0/s1. The molecular formula is C16H17N3OS. The SMILES string of the molecule is C[C@H]1CCc2sc(C(=O)NN=Cc3ccncc3)cc2C1. The molecule has 1 aliphatic carbocycles. The summed E-state index contributed by atoms with van der Waals surface area (Å²) in [6, 6.07) is 5.69. The molecular weight excluding hydrogens is 282 g/mol. The second kappa shape index (κ2) is 6.18. The van der Waals surface area contributed by atoms with Gasteiger partial charge in [0.15, 0.2) is 0 Å². The molecule has 4 nitrogen and oxygen atoms in total. The highest BCUT2D eigenvalue weighted by Crippen LogP contribution is 2.32. The minimum atomic E-state index is -0.132. The number of hydrogen-bond donors (Lipinski definition) is 1. The van der Waals surface area contributed by atoms with Crippen LogP contribution in [0.1, 0.15) is 39.0 Å². The van der Waals surface area contributed by atoms with Gasteiger partial charge in [-0.1, -0.05) is 6.92 Å². The summed E-state index contributed by atoms with van der Waals surface area (Å²) < 4.78 is 0. The van der Waals surface area contributed by atoms with Gasteiger partial charge in [0.05, 0.1) is 11.1 Å². The first-order valence-electron chi connectivity index (χ1n) is 7.07. The van der Waals surface area contributed by atoms with Crippen molar-refractivity contribution < 1.29 is 4.79 Å². The van der Waals surface area contributed by atoms with Crippen molar-refractivity contribution in [2.24, 2.45) is 11.0 Å². The molecule has 2 heterocycles. The van der Waals surface area contributed by atoms with Gasteiger partial charge >= 0.3 is 0 Å². The van der Waals surface area contributed by atoms with E-state index in [-0.39, 0.29) is 5.91 Å². The van der Waals surface area contributed by atoms with Crippen LogP contribution in [0.3, 0.4) is 0 Å². The fraction of sp³-hybridized carbons (Fsp3) is 0.312. The Morgan fingerprint density at radius 3 is 3.10 bits per heavy atom. The maximum atomic E-state index is 12.1. The number of thiophene rings is 1. The lowest BCUT2D eigenvalue weighted by atomic mass is 9.90. The largest absolute Gasteiger partial charge is 0.281 e. The minimum Gasteiger partial charge on any atom is -0.266 e. The number of fused-ring (bicyclic) bond motifs is 1. The summed E-state index contributed by atoms with van der Waals surface area (Å²) in [6.45, 7) is 2.26. The van der Waals surface area contributed by atoms with Crippen LogP contribution in [0, 0.1) is 5.92 Å². The van der Waals surface area contributed by atoms with E-state index < -0.39 is 0 Å². The van der Waals surface area contributed by atoms with E-state index in [9.17, 15) is 4.79 Å². The summed E-state index contributed by atoms with van der Waals surface area (Å²) in [5, 5.41) is 3.99. The number of nitrogens with one attached hydrogen (secondary N) is 1. The smallest absolute Gasteiger partial charge is 0.266 e. The van der Waals surface area contributed by atoms with E-state index >= 15 is 0 Å². The van der Waals surface area contributed by atoms with Gasteiger partial charge < -0.3 is 0 Å². The first-order chi connectivity index (χ1) is 10.2. The highest BCUT2D eigenvalue weighted by molar-refractivity contribution is 7.14. The molecule has 0 aromatic carbocycles. The van der Waals surface area contributed by atoms with Crippen molar-refractivity contribution in [2.75, 3.05) is 0 Å². The summed E-state index contributed by atoms with van der Waals surface area (Å²) in [6.07, 6.45) is 8.40. The molecule has 0 unspecified atom stereocenters. The Morgan fingerprint density at radius 2 is 2.29 bits per heavy atom. The highest BCUT2D eigenvalue weighted by Gasteiger charge is 2.20. The van der Waals surface area contributed by atoms with Crippen molar-refractivity contribution in [1.29, 1.82) is 0 Å². The molecule has 5 heteroatoms. The van der Waals surface area contributed by atoms with Crippen molar-refractivity contribution in [3.63, 3.8) is 0 Å². The maximum Gasteiger partial charge on any atom is 0.281 e. The number of aryl methyl sites for hydroxylation is 1. The number of pyridine rings is 1. The van der Waals surface area contributed by atoms with Crippen LogP contribution in [0.5, 0.6) is 0 Å². The molecule has 2 aromatic rings. The van der Waals surface area contributed by atoms with E-state index in [0.29, 0.717) is 5.92 Å². The van der Waals surface area contributed by atoms with E-state index in [4.69, 9.17) is 0 Å². The summed E-state index contributed by atoms with van der Waals surface area (Å²) in [7, 11) is 0. The molecule has 2 aromatic heterocycles. The van der Waals surface area contributed by atoms with Crippen LogP contribution in [0.25, 0.3) is 0 Å². The van der Waals surface area contributed by atoms with E-state index in [1.54, 1.807) is 29.9 Å². The van der Waals surface area contributed by atoms with Gasteiger partial charge in [0.1, 0.15) is 0 Å². The molecule has 21 heavy (non-hydrogen) atoms. The first kappa shape index (κ1) is 13.9. The third-order valence-electron chi connectivity index (χ3n) is 3.64. The number of amides is 1. The average Bonchev–Trinajstić information content (AvgIpc) is 2.91. The molecule has 1 aliphatic rings. The zero-order valence-corrected chi connectivity index (χ0v) is 12.7. The summed E-state index contributed by atoms with van der Waals surface area (Å²) >= 11 is 1.60. The van der Waals surface area contributed by atoms with Crippen molar-refractivity contribution in [3.05, 3.63) is 51.5 Å². The third kappa shape index (κ3) is 3.36. The van der Waals surface area contributed by atoms with Crippen molar-refractivity contribution in [3.8, 4) is 0 Å². The lowest BCUT2D eigenvalue weighted by Gasteiger charge is -2.16. The number of nitrogens with zero attached hydrogens (tertiary/aromatic N) is 2. The summed E-state index contributed by atoms with van der Waals surface area (Å²) in [4.78, 5) is 18.1. The zero-order chi connectivity index (χ0) is 14.7. The third-order valence-corrected chi connectivity index (χ3v) is 4.87. The molecule has 0 bridgehead atoms. The van der Waals surface area contributed by atoms with Crippen LogP contribution in [0.15, 0.2) is 35.7 Å². The van der Waals surface area contributed by atoms with Crippen LogP contribution in [-0.4, -0.2) is 17.1 Å². The Bertz CT molecular complexity index is 663. The van der Waals surface area contributed by atoms with Gasteiger partial charge in [-0.2, -0.15) is 5.10 Å². The van der Waals surface area contributed by atoms with Crippen molar-refractivity contribution in [1.82, 2.24) is 10.4 Å².